The molecule has 0 aliphatic rings. The zero-order valence-electron chi connectivity index (χ0n) is 15.9. The van der Waals surface area contributed by atoms with E-state index < -0.39 is 29.2 Å². The third-order valence-electron chi connectivity index (χ3n) is 4.12. The van der Waals surface area contributed by atoms with Crippen molar-refractivity contribution in [2.24, 2.45) is 0 Å². The summed E-state index contributed by atoms with van der Waals surface area (Å²) >= 11 is 2.94. The van der Waals surface area contributed by atoms with Gasteiger partial charge in [0.25, 0.3) is 5.91 Å². The van der Waals surface area contributed by atoms with E-state index in [9.17, 15) is 27.6 Å². The van der Waals surface area contributed by atoms with Gasteiger partial charge in [-0.3, -0.25) is 4.79 Å². The minimum absolute atomic E-state index is 0.0322. The number of carbonyl (C=O) groups is 1. The smallest absolute Gasteiger partial charge is 0.320 e. The van der Waals surface area contributed by atoms with E-state index in [0.29, 0.717) is 17.1 Å². The number of rotatable bonds is 4. The summed E-state index contributed by atoms with van der Waals surface area (Å²) in [4.78, 5) is 21.4. The van der Waals surface area contributed by atoms with Crippen molar-refractivity contribution in [3.8, 4) is 17.7 Å². The number of pyridine rings is 2. The molecule has 1 amide bonds. The first-order valence-corrected chi connectivity index (χ1v) is 9.53. The molecular formula is C18H8BrF4N9O. The summed E-state index contributed by atoms with van der Waals surface area (Å²) in [6.07, 6.45) is 0.271. The van der Waals surface area contributed by atoms with E-state index >= 15 is 0 Å². The topological polar surface area (TPSA) is 127 Å². The molecule has 4 rings (SSSR count). The van der Waals surface area contributed by atoms with Gasteiger partial charge in [0.05, 0.1) is 46.7 Å². The minimum atomic E-state index is -5.01. The second-order valence-electron chi connectivity index (χ2n) is 6.25. The summed E-state index contributed by atoms with van der Waals surface area (Å²) in [5, 5.41) is 22.9. The lowest BCUT2D eigenvalue weighted by atomic mass is 10.2. The molecule has 1 N–H and O–H groups in total. The van der Waals surface area contributed by atoms with Gasteiger partial charge in [0.15, 0.2) is 17.3 Å². The highest BCUT2D eigenvalue weighted by Gasteiger charge is 2.41. The molecule has 0 bridgehead atoms. The molecule has 4 heterocycles. The number of halogens is 5. The number of nitrogens with zero attached hydrogens (tertiary/aromatic N) is 8. The monoisotopic (exact) mass is 521 g/mol. The van der Waals surface area contributed by atoms with Gasteiger partial charge in [-0.2, -0.15) is 33.7 Å². The molecule has 0 spiro atoms. The molecule has 4 aromatic heterocycles. The zero-order valence-corrected chi connectivity index (χ0v) is 17.5. The molecule has 33 heavy (non-hydrogen) atoms. The summed E-state index contributed by atoms with van der Waals surface area (Å²) < 4.78 is 55.1. The van der Waals surface area contributed by atoms with Crippen LogP contribution in [0.15, 0.2) is 47.6 Å². The first kappa shape index (κ1) is 22.0. The highest BCUT2D eigenvalue weighted by molar-refractivity contribution is 9.10. The predicted octanol–water partition coefficient (Wildman–Crippen LogP) is 3.29. The van der Waals surface area contributed by atoms with E-state index in [1.54, 1.807) is 0 Å². The van der Waals surface area contributed by atoms with Crippen LogP contribution in [0, 0.1) is 17.1 Å². The highest BCUT2D eigenvalue weighted by atomic mass is 79.9. The van der Waals surface area contributed by atoms with Gasteiger partial charge in [-0.05, 0) is 28.1 Å². The van der Waals surface area contributed by atoms with Crippen LogP contribution >= 0.6 is 15.9 Å². The molecule has 4 aromatic rings. The van der Waals surface area contributed by atoms with Gasteiger partial charge in [-0.15, -0.1) is 4.80 Å². The first-order valence-electron chi connectivity index (χ1n) is 8.74. The Morgan fingerprint density at radius 2 is 1.76 bits per heavy atom. The number of anilines is 1. The average molecular weight is 522 g/mol. The van der Waals surface area contributed by atoms with Gasteiger partial charge in [0.2, 0.25) is 0 Å². The number of aromatic nitrogens is 7. The lowest BCUT2D eigenvalue weighted by Gasteiger charge is -2.13. The van der Waals surface area contributed by atoms with Crippen molar-refractivity contribution in [1.29, 1.82) is 5.26 Å². The van der Waals surface area contributed by atoms with E-state index in [1.807, 2.05) is 6.07 Å². The van der Waals surface area contributed by atoms with Gasteiger partial charge in [-0.1, -0.05) is 0 Å². The maximum Gasteiger partial charge on any atom is 0.434 e. The van der Waals surface area contributed by atoms with Gasteiger partial charge < -0.3 is 5.32 Å². The SMILES string of the molecule is N#Cc1cc(NC(=O)c2cnn(-c3ncc(F)cc3Br)c2C(F)(F)F)cnc1-n1nccn1. The number of alkyl halides is 3. The van der Waals surface area contributed by atoms with Crippen molar-refractivity contribution >= 4 is 27.5 Å². The van der Waals surface area contributed by atoms with Gasteiger partial charge in [0.1, 0.15) is 17.4 Å². The van der Waals surface area contributed by atoms with Gasteiger partial charge in [-0.25, -0.2) is 19.0 Å². The standard InChI is InChI=1S/C18H8BrF4N9O/c19-13-4-10(20)6-25-16(13)31-14(18(21,22)23)12(8-29-31)17(33)30-11-3-9(5-24)15(26-7-11)32-27-1-2-28-32/h1-4,6-8H,(H,30,33). The van der Waals surface area contributed by atoms with Crippen LogP contribution in [0.3, 0.4) is 0 Å². The Balaban J connectivity index is 1.71. The van der Waals surface area contributed by atoms with Crippen LogP contribution in [-0.4, -0.2) is 40.6 Å². The molecule has 0 aliphatic heterocycles. The van der Waals surface area contributed by atoms with Crippen LogP contribution in [0.1, 0.15) is 21.6 Å². The molecule has 10 nitrogen and oxygen atoms in total. The quantitative estimate of drug-likeness (QED) is 0.408. The first-order chi connectivity index (χ1) is 15.7. The maximum absolute atomic E-state index is 13.8. The number of nitrogens with one attached hydrogen (secondary N) is 1. The van der Waals surface area contributed by atoms with Crippen molar-refractivity contribution in [3.05, 3.63) is 70.2 Å². The summed E-state index contributed by atoms with van der Waals surface area (Å²) in [6.45, 7) is 0. The number of hydrogen-bond donors (Lipinski definition) is 1. The Morgan fingerprint density at radius 3 is 2.39 bits per heavy atom. The lowest BCUT2D eigenvalue weighted by Crippen LogP contribution is -2.21. The Morgan fingerprint density at radius 1 is 1.06 bits per heavy atom. The van der Waals surface area contributed by atoms with Crippen molar-refractivity contribution in [3.63, 3.8) is 0 Å². The van der Waals surface area contributed by atoms with E-state index in [1.165, 1.54) is 18.5 Å². The summed E-state index contributed by atoms with van der Waals surface area (Å²) in [6, 6.07) is 3.97. The second kappa shape index (κ2) is 8.39. The molecule has 0 unspecified atom stereocenters. The van der Waals surface area contributed by atoms with Gasteiger partial charge >= 0.3 is 6.18 Å². The molecular weight excluding hydrogens is 514 g/mol. The van der Waals surface area contributed by atoms with Crippen LogP contribution in [0.4, 0.5) is 23.2 Å². The van der Waals surface area contributed by atoms with Crippen molar-refractivity contribution in [1.82, 2.24) is 34.7 Å². The van der Waals surface area contributed by atoms with Crippen LogP contribution in [0.25, 0.3) is 11.6 Å². The van der Waals surface area contributed by atoms with Crippen LogP contribution in [0.2, 0.25) is 0 Å². The molecule has 15 heteroatoms. The molecule has 0 saturated carbocycles. The molecule has 0 radical (unpaired) electrons. The van der Waals surface area contributed by atoms with Crippen molar-refractivity contribution in [2.45, 2.75) is 6.18 Å². The van der Waals surface area contributed by atoms with Crippen molar-refractivity contribution in [2.75, 3.05) is 5.32 Å². The molecule has 166 valence electrons. The van der Waals surface area contributed by atoms with E-state index in [2.05, 4.69) is 46.5 Å². The fourth-order valence-corrected chi connectivity index (χ4v) is 3.29. The molecule has 0 aliphatic carbocycles. The Labute approximate surface area is 189 Å². The molecule has 0 aromatic carbocycles. The summed E-state index contributed by atoms with van der Waals surface area (Å²) in [5.41, 5.74) is -2.33. The number of nitriles is 1. The van der Waals surface area contributed by atoms with Crippen LogP contribution < -0.4 is 5.32 Å². The number of carbonyl (C=O) groups excluding carboxylic acids is 1. The average Bonchev–Trinajstić information content (AvgIpc) is 3.43. The fourth-order valence-electron chi connectivity index (χ4n) is 2.80. The second-order valence-corrected chi connectivity index (χ2v) is 7.11. The summed E-state index contributed by atoms with van der Waals surface area (Å²) in [5.74, 6) is -2.25. The van der Waals surface area contributed by atoms with Crippen LogP contribution in [-0.2, 0) is 6.18 Å². The zero-order chi connectivity index (χ0) is 23.8. The maximum atomic E-state index is 13.8. The number of hydrogen-bond acceptors (Lipinski definition) is 7. The largest absolute Gasteiger partial charge is 0.434 e. The Kier molecular flexibility index (Phi) is 5.60. The molecule has 0 saturated heterocycles. The Bertz CT molecular complexity index is 1390. The van der Waals surface area contributed by atoms with E-state index in [4.69, 9.17) is 0 Å². The van der Waals surface area contributed by atoms with Gasteiger partial charge in [0, 0.05) is 0 Å². The highest BCUT2D eigenvalue weighted by Crippen LogP contribution is 2.35. The normalized spacial score (nSPS) is 11.3. The molecule has 0 atom stereocenters. The third kappa shape index (κ3) is 4.28. The minimum Gasteiger partial charge on any atom is -0.320 e. The predicted molar refractivity (Wildman–Crippen MR) is 106 cm³/mol. The lowest BCUT2D eigenvalue weighted by molar-refractivity contribution is -0.143. The molecule has 0 fully saturated rings. The third-order valence-corrected chi connectivity index (χ3v) is 4.71. The number of amides is 1. The van der Waals surface area contributed by atoms with E-state index in [0.717, 1.165) is 17.1 Å². The summed E-state index contributed by atoms with van der Waals surface area (Å²) in [7, 11) is 0. The van der Waals surface area contributed by atoms with Crippen molar-refractivity contribution < 1.29 is 22.4 Å². The van der Waals surface area contributed by atoms with Crippen LogP contribution in [0.5, 0.6) is 0 Å². The fraction of sp³-hybridized carbons (Fsp3) is 0.0556. The Hall–Kier alpha value is -4.19. The van der Waals surface area contributed by atoms with E-state index in [-0.39, 0.29) is 27.4 Å².